The molecule has 1 heterocycles. The maximum atomic E-state index is 12.3. The third-order valence-corrected chi connectivity index (χ3v) is 5.78. The van der Waals surface area contributed by atoms with Gasteiger partial charge in [0.05, 0.1) is 10.2 Å². The highest BCUT2D eigenvalue weighted by molar-refractivity contribution is 7.22. The van der Waals surface area contributed by atoms with Gasteiger partial charge in [0, 0.05) is 0 Å². The van der Waals surface area contributed by atoms with Crippen LogP contribution < -0.4 is 10.1 Å². The van der Waals surface area contributed by atoms with Crippen molar-refractivity contribution in [2.24, 2.45) is 5.41 Å². The number of nitrogens with one attached hydrogen (secondary N) is 1. The van der Waals surface area contributed by atoms with Crippen molar-refractivity contribution in [1.82, 2.24) is 4.98 Å². The fourth-order valence-corrected chi connectivity index (χ4v) is 4.83. The highest BCUT2D eigenvalue weighted by Crippen LogP contribution is 2.36. The molecule has 3 rings (SSSR count). The first-order valence-corrected chi connectivity index (χ1v) is 10.7. The Balaban J connectivity index is 1.58. The number of aryl methyl sites for hydroxylation is 1. The summed E-state index contributed by atoms with van der Waals surface area (Å²) >= 11 is 1.47. The molecule has 1 aromatic heterocycles. The van der Waals surface area contributed by atoms with Crippen LogP contribution >= 0.6 is 11.3 Å². The molecular formula is C24H30N2O2S. The van der Waals surface area contributed by atoms with Crippen molar-refractivity contribution in [1.29, 1.82) is 0 Å². The van der Waals surface area contributed by atoms with Crippen molar-refractivity contribution in [3.8, 4) is 5.75 Å². The number of para-hydroxylation sites is 1. The van der Waals surface area contributed by atoms with Crippen LogP contribution in [0.1, 0.15) is 52.2 Å². The number of benzene rings is 2. The molecule has 4 nitrogen and oxygen atoms in total. The number of fused-ring (bicyclic) bond motifs is 1. The maximum absolute atomic E-state index is 12.3. The first-order chi connectivity index (χ1) is 13.5. The van der Waals surface area contributed by atoms with E-state index in [-0.39, 0.29) is 23.3 Å². The largest absolute Gasteiger partial charge is 0.484 e. The second-order valence-corrected chi connectivity index (χ2v) is 10.5. The molecule has 1 N–H and O–H groups in total. The summed E-state index contributed by atoms with van der Waals surface area (Å²) in [6, 6.07) is 14.1. The normalized spacial score (nSPS) is 12.2. The van der Waals surface area contributed by atoms with Gasteiger partial charge in [-0.15, -0.1) is 0 Å². The van der Waals surface area contributed by atoms with E-state index in [9.17, 15) is 4.79 Å². The van der Waals surface area contributed by atoms with Gasteiger partial charge >= 0.3 is 0 Å². The lowest BCUT2D eigenvalue weighted by Crippen LogP contribution is -2.24. The molecule has 1 amide bonds. The van der Waals surface area contributed by atoms with E-state index in [0.29, 0.717) is 10.9 Å². The van der Waals surface area contributed by atoms with E-state index in [0.717, 1.165) is 22.2 Å². The summed E-state index contributed by atoms with van der Waals surface area (Å²) in [7, 11) is 0. The van der Waals surface area contributed by atoms with E-state index < -0.39 is 0 Å². The molecule has 0 atom stereocenters. The van der Waals surface area contributed by atoms with Gasteiger partial charge in [0.1, 0.15) is 5.75 Å². The summed E-state index contributed by atoms with van der Waals surface area (Å²) in [5.74, 6) is 0.481. The number of ether oxygens (including phenoxy) is 1. The Morgan fingerprint density at radius 2 is 1.76 bits per heavy atom. The van der Waals surface area contributed by atoms with Crippen LogP contribution in [0.25, 0.3) is 10.2 Å². The van der Waals surface area contributed by atoms with Crippen molar-refractivity contribution in [2.45, 2.75) is 53.4 Å². The lowest BCUT2D eigenvalue weighted by Gasteiger charge is -2.33. The highest BCUT2D eigenvalue weighted by Gasteiger charge is 2.27. The Morgan fingerprint density at radius 3 is 2.38 bits per heavy atom. The highest BCUT2D eigenvalue weighted by atomic mass is 32.1. The summed E-state index contributed by atoms with van der Waals surface area (Å²) in [4.78, 5) is 16.8. The third kappa shape index (κ3) is 5.57. The molecule has 3 aromatic rings. The molecule has 0 fully saturated rings. The first kappa shape index (κ1) is 21.3. The molecule has 0 aliphatic carbocycles. The molecule has 0 radical (unpaired) electrons. The van der Waals surface area contributed by atoms with Gasteiger partial charge in [-0.05, 0) is 53.5 Å². The summed E-state index contributed by atoms with van der Waals surface area (Å²) < 4.78 is 6.74. The second-order valence-electron chi connectivity index (χ2n) is 9.42. The predicted molar refractivity (Wildman–Crippen MR) is 122 cm³/mol. The molecule has 29 heavy (non-hydrogen) atoms. The zero-order valence-electron chi connectivity index (χ0n) is 18.1. The van der Waals surface area contributed by atoms with Gasteiger partial charge in [0.2, 0.25) is 0 Å². The molecule has 0 unspecified atom stereocenters. The van der Waals surface area contributed by atoms with Gasteiger partial charge in [0.15, 0.2) is 11.7 Å². The molecule has 0 saturated heterocycles. The smallest absolute Gasteiger partial charge is 0.264 e. The molecule has 0 bridgehead atoms. The lowest BCUT2D eigenvalue weighted by atomic mass is 9.72. The Labute approximate surface area is 177 Å². The maximum Gasteiger partial charge on any atom is 0.264 e. The fourth-order valence-electron chi connectivity index (χ4n) is 3.87. The number of carbonyl (C=O) groups excluding carboxylic acids is 1. The Kier molecular flexibility index (Phi) is 5.99. The van der Waals surface area contributed by atoms with E-state index >= 15 is 0 Å². The number of carbonyl (C=O) groups is 1. The van der Waals surface area contributed by atoms with E-state index in [1.165, 1.54) is 16.9 Å². The van der Waals surface area contributed by atoms with Crippen LogP contribution in [-0.4, -0.2) is 17.5 Å². The van der Waals surface area contributed by atoms with Crippen molar-refractivity contribution in [3.05, 3.63) is 53.6 Å². The molecule has 0 aliphatic heterocycles. The van der Waals surface area contributed by atoms with Crippen molar-refractivity contribution in [2.75, 3.05) is 11.9 Å². The standard InChI is InChI=1S/C24H30N2O2S/c1-16-8-7-9-19-21(16)26-22(29-19)25-20(27)14-28-18-12-10-17(11-13-18)24(5,6)15-23(2,3)4/h7-13H,14-15H2,1-6H3,(H,25,26,27). The lowest BCUT2D eigenvalue weighted by molar-refractivity contribution is -0.118. The second kappa shape index (κ2) is 8.15. The summed E-state index contributed by atoms with van der Waals surface area (Å²) in [6.45, 7) is 13.3. The van der Waals surface area contributed by atoms with E-state index in [2.05, 4.69) is 57.1 Å². The van der Waals surface area contributed by atoms with Crippen LogP contribution in [0.5, 0.6) is 5.75 Å². The zero-order chi connectivity index (χ0) is 21.2. The van der Waals surface area contributed by atoms with E-state index in [4.69, 9.17) is 4.74 Å². The molecular weight excluding hydrogens is 380 g/mol. The predicted octanol–water partition coefficient (Wildman–Crippen LogP) is 6.34. The van der Waals surface area contributed by atoms with Crippen molar-refractivity contribution in [3.63, 3.8) is 0 Å². The van der Waals surface area contributed by atoms with E-state index in [1.54, 1.807) is 0 Å². The third-order valence-electron chi connectivity index (χ3n) is 4.85. The van der Waals surface area contributed by atoms with Crippen molar-refractivity contribution < 1.29 is 9.53 Å². The first-order valence-electron chi connectivity index (χ1n) is 9.93. The van der Waals surface area contributed by atoms with Gasteiger partial charge < -0.3 is 4.74 Å². The Morgan fingerprint density at radius 1 is 1.07 bits per heavy atom. The zero-order valence-corrected chi connectivity index (χ0v) is 18.9. The SMILES string of the molecule is Cc1cccc2sc(NC(=O)COc3ccc(C(C)(C)CC(C)(C)C)cc3)nc12. The number of nitrogens with zero attached hydrogens (tertiary/aromatic N) is 1. The monoisotopic (exact) mass is 410 g/mol. The fraction of sp³-hybridized carbons (Fsp3) is 0.417. The number of amides is 1. The van der Waals surface area contributed by atoms with Gasteiger partial charge in [-0.1, -0.05) is 70.2 Å². The number of hydrogen-bond donors (Lipinski definition) is 1. The van der Waals surface area contributed by atoms with Gasteiger partial charge in [-0.2, -0.15) is 0 Å². The number of aromatic nitrogens is 1. The summed E-state index contributed by atoms with van der Waals surface area (Å²) in [6.07, 6.45) is 1.09. The van der Waals surface area contributed by atoms with Gasteiger partial charge in [-0.25, -0.2) is 4.98 Å². The number of thiazole rings is 1. The number of hydrogen-bond acceptors (Lipinski definition) is 4. The average Bonchev–Trinajstić information content (AvgIpc) is 3.02. The van der Waals surface area contributed by atoms with Crippen LogP contribution in [0, 0.1) is 12.3 Å². The van der Waals surface area contributed by atoms with E-state index in [1.807, 2.05) is 37.3 Å². The average molecular weight is 411 g/mol. The minimum absolute atomic E-state index is 0.0420. The molecule has 154 valence electrons. The number of rotatable bonds is 6. The van der Waals surface area contributed by atoms with Crippen LogP contribution in [0.15, 0.2) is 42.5 Å². The van der Waals surface area contributed by atoms with Crippen LogP contribution in [0.2, 0.25) is 0 Å². The van der Waals surface area contributed by atoms with Crippen molar-refractivity contribution >= 4 is 32.6 Å². The van der Waals surface area contributed by atoms with Gasteiger partial charge in [-0.3, -0.25) is 10.1 Å². The number of anilines is 1. The minimum Gasteiger partial charge on any atom is -0.484 e. The summed E-state index contributed by atoms with van der Waals surface area (Å²) in [5.41, 5.74) is 3.65. The molecule has 0 saturated carbocycles. The van der Waals surface area contributed by atoms with Crippen LogP contribution in [0.3, 0.4) is 0 Å². The quantitative estimate of drug-likeness (QED) is 0.516. The molecule has 5 heteroatoms. The molecule has 0 spiro atoms. The van der Waals surface area contributed by atoms with Crippen LogP contribution in [-0.2, 0) is 10.2 Å². The van der Waals surface area contributed by atoms with Gasteiger partial charge in [0.25, 0.3) is 5.91 Å². The minimum atomic E-state index is -0.209. The topological polar surface area (TPSA) is 51.2 Å². The van der Waals surface area contributed by atoms with Crippen LogP contribution in [0.4, 0.5) is 5.13 Å². The summed E-state index contributed by atoms with van der Waals surface area (Å²) in [5, 5.41) is 3.43. The molecule has 2 aromatic carbocycles. The Bertz CT molecular complexity index is 998. The Hall–Kier alpha value is -2.40. The molecule has 0 aliphatic rings.